The second-order valence-electron chi connectivity index (χ2n) is 4.56. The first-order chi connectivity index (χ1) is 10.2. The predicted molar refractivity (Wildman–Crippen MR) is 90.8 cm³/mol. The zero-order valence-corrected chi connectivity index (χ0v) is 13.8. The number of thioether (sulfide) groups is 1. The molecule has 3 rings (SSSR count). The summed E-state index contributed by atoms with van der Waals surface area (Å²) in [5, 5.41) is 0.873. The smallest absolute Gasteiger partial charge is 0.166 e. The summed E-state index contributed by atoms with van der Waals surface area (Å²) in [5.41, 5.74) is 9.51. The highest BCUT2D eigenvalue weighted by Gasteiger charge is 2.08. The number of halogens is 1. The van der Waals surface area contributed by atoms with E-state index in [-0.39, 0.29) is 0 Å². The minimum atomic E-state index is 0.733. The molecule has 0 atom stereocenters. The van der Waals surface area contributed by atoms with Crippen molar-refractivity contribution in [2.45, 2.75) is 10.9 Å². The normalized spacial score (nSPS) is 11.0. The van der Waals surface area contributed by atoms with Crippen LogP contribution in [0.5, 0.6) is 5.75 Å². The number of H-pyrrole nitrogens is 1. The maximum absolute atomic E-state index is 5.78. The first kappa shape index (κ1) is 14.3. The number of benzene rings is 2. The van der Waals surface area contributed by atoms with Gasteiger partial charge in [-0.2, -0.15) is 0 Å². The molecule has 21 heavy (non-hydrogen) atoms. The highest BCUT2D eigenvalue weighted by molar-refractivity contribution is 9.10. The molecule has 3 aromatic rings. The SMILES string of the molecule is COc1ccc(Br)cc1CSc1nc2ccc(N)cc2[nH]1. The number of nitrogen functional groups attached to an aromatic ring is 1. The number of hydrogen-bond donors (Lipinski definition) is 2. The lowest BCUT2D eigenvalue weighted by molar-refractivity contribution is 0.411. The van der Waals surface area contributed by atoms with Gasteiger partial charge in [0.05, 0.1) is 18.1 Å². The van der Waals surface area contributed by atoms with Gasteiger partial charge in [-0.25, -0.2) is 4.98 Å². The number of rotatable bonds is 4. The molecule has 0 amide bonds. The second kappa shape index (κ2) is 5.99. The average Bonchev–Trinajstić information content (AvgIpc) is 2.87. The number of aromatic nitrogens is 2. The van der Waals surface area contributed by atoms with Crippen molar-refractivity contribution in [2.24, 2.45) is 0 Å². The Morgan fingerprint density at radius 2 is 2.14 bits per heavy atom. The lowest BCUT2D eigenvalue weighted by atomic mass is 10.2. The Kier molecular flexibility index (Phi) is 4.07. The van der Waals surface area contributed by atoms with E-state index in [1.165, 1.54) is 0 Å². The maximum Gasteiger partial charge on any atom is 0.166 e. The van der Waals surface area contributed by atoms with Crippen LogP contribution in [0.2, 0.25) is 0 Å². The van der Waals surface area contributed by atoms with E-state index in [2.05, 4.69) is 32.0 Å². The Labute approximate surface area is 135 Å². The number of nitrogens with two attached hydrogens (primary N) is 1. The first-order valence-corrected chi connectivity index (χ1v) is 8.14. The zero-order chi connectivity index (χ0) is 14.8. The van der Waals surface area contributed by atoms with Crippen LogP contribution in [0.1, 0.15) is 5.56 Å². The standard InChI is InChI=1S/C15H14BrN3OS/c1-20-14-5-2-10(16)6-9(14)8-21-15-18-12-4-3-11(17)7-13(12)19-15/h2-7H,8,17H2,1H3,(H,18,19). The monoisotopic (exact) mass is 363 g/mol. The van der Waals surface area contributed by atoms with Crippen molar-refractivity contribution in [1.82, 2.24) is 9.97 Å². The molecule has 1 aromatic heterocycles. The second-order valence-corrected chi connectivity index (χ2v) is 6.44. The van der Waals surface area contributed by atoms with E-state index in [9.17, 15) is 0 Å². The summed E-state index contributed by atoms with van der Waals surface area (Å²) in [4.78, 5) is 7.82. The number of nitrogens with one attached hydrogen (secondary N) is 1. The summed E-state index contributed by atoms with van der Waals surface area (Å²) in [6.45, 7) is 0. The van der Waals surface area contributed by atoms with Crippen molar-refractivity contribution in [3.05, 3.63) is 46.4 Å². The molecule has 2 aromatic carbocycles. The number of hydrogen-bond acceptors (Lipinski definition) is 4. The number of fused-ring (bicyclic) bond motifs is 1. The van der Waals surface area contributed by atoms with E-state index in [1.54, 1.807) is 18.9 Å². The number of methoxy groups -OCH3 is 1. The van der Waals surface area contributed by atoms with Gasteiger partial charge in [-0.3, -0.25) is 0 Å². The summed E-state index contributed by atoms with van der Waals surface area (Å²) in [6, 6.07) is 11.7. The molecule has 0 fully saturated rings. The zero-order valence-electron chi connectivity index (χ0n) is 11.4. The Morgan fingerprint density at radius 1 is 1.29 bits per heavy atom. The fourth-order valence-corrected chi connectivity index (χ4v) is 3.35. The Hall–Kier alpha value is -1.66. The van der Waals surface area contributed by atoms with Gasteiger partial charge in [-0.05, 0) is 36.4 Å². The quantitative estimate of drug-likeness (QED) is 0.538. The first-order valence-electron chi connectivity index (χ1n) is 6.36. The molecule has 0 saturated heterocycles. The van der Waals surface area contributed by atoms with Crippen LogP contribution in [0.15, 0.2) is 46.0 Å². The van der Waals surface area contributed by atoms with Crippen molar-refractivity contribution < 1.29 is 4.74 Å². The van der Waals surface area contributed by atoms with Crippen LogP contribution in [0.3, 0.4) is 0 Å². The largest absolute Gasteiger partial charge is 0.496 e. The summed E-state index contributed by atoms with van der Waals surface area (Å²) in [6.07, 6.45) is 0. The fraction of sp³-hybridized carbons (Fsp3) is 0.133. The third kappa shape index (κ3) is 3.16. The minimum Gasteiger partial charge on any atom is -0.496 e. The molecular formula is C15H14BrN3OS. The molecule has 108 valence electrons. The summed E-state index contributed by atoms with van der Waals surface area (Å²) < 4.78 is 6.42. The van der Waals surface area contributed by atoms with E-state index in [1.807, 2.05) is 30.3 Å². The van der Waals surface area contributed by atoms with Gasteiger partial charge in [0.2, 0.25) is 0 Å². The number of aromatic amines is 1. The third-order valence-corrected chi connectivity index (χ3v) is 4.51. The molecular weight excluding hydrogens is 350 g/mol. The van der Waals surface area contributed by atoms with Crippen LogP contribution >= 0.6 is 27.7 Å². The molecule has 6 heteroatoms. The summed E-state index contributed by atoms with van der Waals surface area (Å²) in [7, 11) is 1.68. The van der Waals surface area contributed by atoms with Crippen molar-refractivity contribution in [3.63, 3.8) is 0 Å². The Bertz CT molecular complexity index is 788. The maximum atomic E-state index is 5.78. The Morgan fingerprint density at radius 3 is 2.95 bits per heavy atom. The predicted octanol–water partition coefficient (Wildman–Crippen LogP) is 4.21. The van der Waals surface area contributed by atoms with Gasteiger partial charge >= 0.3 is 0 Å². The van der Waals surface area contributed by atoms with Gasteiger partial charge in [0.15, 0.2) is 5.16 Å². The summed E-state index contributed by atoms with van der Waals surface area (Å²) in [5.74, 6) is 1.66. The van der Waals surface area contributed by atoms with E-state index in [0.29, 0.717) is 0 Å². The number of nitrogens with zero attached hydrogens (tertiary/aromatic N) is 1. The van der Waals surface area contributed by atoms with Gasteiger partial charge < -0.3 is 15.5 Å². The van der Waals surface area contributed by atoms with E-state index < -0.39 is 0 Å². The van der Waals surface area contributed by atoms with Gasteiger partial charge in [0, 0.05) is 21.5 Å². The van der Waals surface area contributed by atoms with E-state index >= 15 is 0 Å². The molecule has 0 saturated carbocycles. The molecule has 0 spiro atoms. The van der Waals surface area contributed by atoms with Crippen molar-refractivity contribution >= 4 is 44.4 Å². The van der Waals surface area contributed by atoms with Gasteiger partial charge in [-0.15, -0.1) is 0 Å². The highest BCUT2D eigenvalue weighted by atomic mass is 79.9. The molecule has 0 bridgehead atoms. The van der Waals surface area contributed by atoms with E-state index in [0.717, 1.165) is 43.4 Å². The molecule has 0 unspecified atom stereocenters. The van der Waals surface area contributed by atoms with Gasteiger partial charge in [-0.1, -0.05) is 27.7 Å². The van der Waals surface area contributed by atoms with Crippen LogP contribution in [-0.4, -0.2) is 17.1 Å². The lowest BCUT2D eigenvalue weighted by Gasteiger charge is -2.07. The Balaban J connectivity index is 1.81. The topological polar surface area (TPSA) is 63.9 Å². The third-order valence-electron chi connectivity index (χ3n) is 3.09. The molecule has 0 radical (unpaired) electrons. The van der Waals surface area contributed by atoms with Gasteiger partial charge in [0.1, 0.15) is 5.75 Å². The van der Waals surface area contributed by atoms with Gasteiger partial charge in [0.25, 0.3) is 0 Å². The van der Waals surface area contributed by atoms with Crippen LogP contribution in [0, 0.1) is 0 Å². The van der Waals surface area contributed by atoms with Crippen LogP contribution in [-0.2, 0) is 5.75 Å². The van der Waals surface area contributed by atoms with Crippen LogP contribution < -0.4 is 10.5 Å². The van der Waals surface area contributed by atoms with Crippen LogP contribution in [0.4, 0.5) is 5.69 Å². The molecule has 4 nitrogen and oxygen atoms in total. The molecule has 0 aliphatic rings. The number of anilines is 1. The molecule has 0 aliphatic heterocycles. The summed E-state index contributed by atoms with van der Waals surface area (Å²) >= 11 is 5.12. The molecule has 0 aliphatic carbocycles. The van der Waals surface area contributed by atoms with Crippen molar-refractivity contribution in [1.29, 1.82) is 0 Å². The van der Waals surface area contributed by atoms with Crippen molar-refractivity contribution in [3.8, 4) is 5.75 Å². The highest BCUT2D eigenvalue weighted by Crippen LogP contribution is 2.30. The number of ether oxygens (including phenoxy) is 1. The fourth-order valence-electron chi connectivity index (χ4n) is 2.08. The number of imidazole rings is 1. The van der Waals surface area contributed by atoms with E-state index in [4.69, 9.17) is 10.5 Å². The molecule has 3 N–H and O–H groups in total. The van der Waals surface area contributed by atoms with Crippen molar-refractivity contribution in [2.75, 3.05) is 12.8 Å². The minimum absolute atomic E-state index is 0.733. The average molecular weight is 364 g/mol. The lowest BCUT2D eigenvalue weighted by Crippen LogP contribution is -1.90. The molecule has 1 heterocycles. The van der Waals surface area contributed by atoms with Crippen LogP contribution in [0.25, 0.3) is 11.0 Å².